The maximum Gasteiger partial charge on any atom is 0.358 e. The average Bonchev–Trinajstić information content (AvgIpc) is 1.61. The Balaban J connectivity index is 0.757. The summed E-state index contributed by atoms with van der Waals surface area (Å²) in [5.41, 5.74) is 16.5. The third kappa shape index (κ3) is 9.87. The van der Waals surface area contributed by atoms with Gasteiger partial charge in [-0.2, -0.15) is 0 Å². The SMILES string of the molecule is O=C(O)c1ncccc1OCc1ccc(OCc2cc(OCc3cc(-n4c5ccccc5c5ccccc54)cc(-n4c5ccccc5c5ccccc54)c3)cc(OCc3cc(-n4c5ccccc5c5ccccc54)cc(-n4c5ccccc5c5ccccc54)c3)c2)cc1. The van der Waals surface area contributed by atoms with Gasteiger partial charge >= 0.3 is 5.97 Å². The molecule has 11 heteroatoms. The smallest absolute Gasteiger partial charge is 0.358 e. The number of aromatic carboxylic acids is 1. The van der Waals surface area contributed by atoms with Gasteiger partial charge < -0.3 is 42.3 Å². The van der Waals surface area contributed by atoms with Crippen molar-refractivity contribution in [2.45, 2.75) is 26.4 Å². The Hall–Kier alpha value is -12.3. The highest BCUT2D eigenvalue weighted by molar-refractivity contribution is 6.12. The summed E-state index contributed by atoms with van der Waals surface area (Å²) in [5, 5.41) is 19.1. The molecule has 5 aromatic heterocycles. The van der Waals surface area contributed by atoms with Gasteiger partial charge in [-0.25, -0.2) is 9.78 Å². The standard InChI is InChI=1S/C82H57N5O6/c88-82(89)81-80(34-17-39-83-81)93-49-53-35-37-61(38-36-53)90-52-56-44-62(91-50-54-40-57(84-72-26-9-1-18-64(72)65-19-2-10-27-73(65)84)46-58(41-54)85-74-28-11-3-20-66(74)67-21-4-12-29-75(67)85)48-63(45-56)92-51-55-42-59(86-76-30-13-5-22-68(76)69-23-6-14-31-77(69)86)47-60(43-55)87-78-32-15-7-24-70(78)71-25-8-16-33-79(71)87/h1-48H,49-52H2,(H,88,89). The first-order chi connectivity index (χ1) is 45.9. The Labute approximate surface area is 533 Å². The van der Waals surface area contributed by atoms with Gasteiger partial charge in [0.1, 0.15) is 43.7 Å². The lowest BCUT2D eigenvalue weighted by atomic mass is 10.1. The van der Waals surface area contributed by atoms with E-state index in [2.05, 4.69) is 254 Å². The molecule has 0 atom stereocenters. The second kappa shape index (κ2) is 22.9. The molecule has 5 heterocycles. The van der Waals surface area contributed by atoms with E-state index in [1.807, 2.05) is 42.5 Å². The fraction of sp³-hybridized carbons (Fsp3) is 0.0488. The van der Waals surface area contributed by atoms with Crippen LogP contribution in [0, 0.1) is 0 Å². The Morgan fingerprint density at radius 2 is 0.581 bits per heavy atom. The number of ether oxygens (including phenoxy) is 4. The summed E-state index contributed by atoms with van der Waals surface area (Å²) in [5.74, 6) is 0.908. The van der Waals surface area contributed by atoms with Crippen LogP contribution in [-0.4, -0.2) is 34.3 Å². The minimum absolute atomic E-state index is 0.138. The van der Waals surface area contributed by atoms with Crippen LogP contribution < -0.4 is 18.9 Å². The summed E-state index contributed by atoms with van der Waals surface area (Å²) in [6, 6.07) is 99.4. The van der Waals surface area contributed by atoms with Crippen molar-refractivity contribution in [3.05, 3.63) is 319 Å². The van der Waals surface area contributed by atoms with E-state index in [9.17, 15) is 9.90 Å². The number of fused-ring (bicyclic) bond motifs is 12. The first kappa shape index (κ1) is 54.8. The van der Waals surface area contributed by atoms with Crippen molar-refractivity contribution in [2.75, 3.05) is 0 Å². The lowest BCUT2D eigenvalue weighted by Crippen LogP contribution is -2.05. The molecule has 0 spiro atoms. The maximum absolute atomic E-state index is 11.8. The number of carboxylic acid groups (broad SMARTS) is 1. The predicted molar refractivity (Wildman–Crippen MR) is 372 cm³/mol. The monoisotopic (exact) mass is 1210 g/mol. The molecule has 1 N–H and O–H groups in total. The lowest BCUT2D eigenvalue weighted by molar-refractivity contribution is 0.0684. The highest BCUT2D eigenvalue weighted by Gasteiger charge is 2.21. The summed E-state index contributed by atoms with van der Waals surface area (Å²) in [4.78, 5) is 15.8. The number of carboxylic acids is 1. The number of benzene rings is 12. The van der Waals surface area contributed by atoms with Gasteiger partial charge in [-0.05, 0) is 144 Å². The normalized spacial score (nSPS) is 11.7. The van der Waals surface area contributed by atoms with Crippen LogP contribution in [0.1, 0.15) is 32.7 Å². The Kier molecular flexibility index (Phi) is 13.5. The maximum atomic E-state index is 11.8. The van der Waals surface area contributed by atoms with E-state index < -0.39 is 5.97 Å². The van der Waals surface area contributed by atoms with Crippen LogP contribution in [0.4, 0.5) is 0 Å². The number of hydrogen-bond acceptors (Lipinski definition) is 6. The van der Waals surface area contributed by atoms with Crippen LogP contribution in [0.15, 0.2) is 291 Å². The van der Waals surface area contributed by atoms with Gasteiger partial charge in [0.15, 0.2) is 11.4 Å². The second-order valence-electron chi connectivity index (χ2n) is 23.5. The van der Waals surface area contributed by atoms with Crippen molar-refractivity contribution in [3.63, 3.8) is 0 Å². The number of para-hydroxylation sites is 8. The first-order valence-corrected chi connectivity index (χ1v) is 31.1. The zero-order valence-electron chi connectivity index (χ0n) is 50.3. The molecule has 446 valence electrons. The van der Waals surface area contributed by atoms with Crippen LogP contribution in [0.25, 0.3) is 110 Å². The number of carbonyl (C=O) groups is 1. The molecule has 17 aromatic rings. The topological polar surface area (TPSA) is 107 Å². The first-order valence-electron chi connectivity index (χ1n) is 31.1. The molecule has 12 aromatic carbocycles. The fourth-order valence-electron chi connectivity index (χ4n) is 13.7. The minimum atomic E-state index is -1.15. The molecule has 93 heavy (non-hydrogen) atoms. The van der Waals surface area contributed by atoms with Crippen molar-refractivity contribution >= 4 is 93.2 Å². The Morgan fingerprint density at radius 1 is 0.290 bits per heavy atom. The van der Waals surface area contributed by atoms with Crippen LogP contribution in [0.3, 0.4) is 0 Å². The molecular weight excluding hydrogens is 1150 g/mol. The van der Waals surface area contributed by atoms with Crippen LogP contribution in [0.5, 0.6) is 23.0 Å². The molecule has 11 nitrogen and oxygen atoms in total. The number of pyridine rings is 1. The number of rotatable bonds is 17. The molecule has 0 amide bonds. The molecular formula is C82H57N5O6. The van der Waals surface area contributed by atoms with Gasteiger partial charge in [0, 0.05) is 78.1 Å². The lowest BCUT2D eigenvalue weighted by Gasteiger charge is -2.18. The zero-order valence-corrected chi connectivity index (χ0v) is 50.3. The van der Waals surface area contributed by atoms with E-state index in [1.54, 1.807) is 12.1 Å². The summed E-state index contributed by atoms with van der Waals surface area (Å²) in [6.45, 7) is 0.815. The molecule has 17 rings (SSSR count). The molecule has 0 bridgehead atoms. The zero-order chi connectivity index (χ0) is 61.9. The summed E-state index contributed by atoms with van der Waals surface area (Å²) < 4.78 is 36.1. The fourth-order valence-corrected chi connectivity index (χ4v) is 13.7. The molecule has 0 aliphatic rings. The molecule has 0 aliphatic carbocycles. The predicted octanol–water partition coefficient (Wildman–Crippen LogP) is 19.5. The summed E-state index contributed by atoms with van der Waals surface area (Å²) in [6.07, 6.45) is 1.44. The van der Waals surface area contributed by atoms with Crippen LogP contribution >= 0.6 is 0 Å². The molecule has 0 radical (unpaired) electrons. The third-order valence-electron chi connectivity index (χ3n) is 17.7. The average molecular weight is 1210 g/mol. The van der Waals surface area contributed by atoms with E-state index in [1.165, 1.54) is 49.3 Å². The number of nitrogens with zero attached hydrogens (tertiary/aromatic N) is 5. The Bertz CT molecular complexity index is 5000. The molecule has 0 fully saturated rings. The summed E-state index contributed by atoms with van der Waals surface area (Å²) >= 11 is 0. The van der Waals surface area contributed by atoms with Crippen molar-refractivity contribution in [1.29, 1.82) is 0 Å². The summed E-state index contributed by atoms with van der Waals surface area (Å²) in [7, 11) is 0. The van der Waals surface area contributed by atoms with E-state index in [0.717, 1.165) is 89.1 Å². The quantitative estimate of drug-likeness (QED) is 0.0968. The van der Waals surface area contributed by atoms with Gasteiger partial charge in [0.25, 0.3) is 0 Å². The van der Waals surface area contributed by atoms with Gasteiger partial charge in [0.2, 0.25) is 0 Å². The second-order valence-corrected chi connectivity index (χ2v) is 23.5. The minimum Gasteiger partial charge on any atom is -0.489 e. The van der Waals surface area contributed by atoms with Crippen molar-refractivity contribution in [1.82, 2.24) is 23.3 Å². The van der Waals surface area contributed by atoms with Gasteiger partial charge in [-0.3, -0.25) is 0 Å². The van der Waals surface area contributed by atoms with Crippen LogP contribution in [0.2, 0.25) is 0 Å². The highest BCUT2D eigenvalue weighted by Crippen LogP contribution is 2.40. The van der Waals surface area contributed by atoms with E-state index in [-0.39, 0.29) is 37.9 Å². The third-order valence-corrected chi connectivity index (χ3v) is 17.7. The molecule has 0 unspecified atom stereocenters. The number of aromatic nitrogens is 5. The number of hydrogen-bond donors (Lipinski definition) is 1. The van der Waals surface area contributed by atoms with E-state index in [4.69, 9.17) is 18.9 Å². The van der Waals surface area contributed by atoms with Gasteiger partial charge in [-0.15, -0.1) is 0 Å². The van der Waals surface area contributed by atoms with Crippen LogP contribution in [-0.2, 0) is 26.4 Å². The van der Waals surface area contributed by atoms with Gasteiger partial charge in [0.05, 0.1) is 44.1 Å². The van der Waals surface area contributed by atoms with Gasteiger partial charge in [-0.1, -0.05) is 158 Å². The largest absolute Gasteiger partial charge is 0.489 e. The highest BCUT2D eigenvalue weighted by atomic mass is 16.5. The van der Waals surface area contributed by atoms with E-state index >= 15 is 0 Å². The van der Waals surface area contributed by atoms with Crippen molar-refractivity contribution in [2.24, 2.45) is 0 Å². The van der Waals surface area contributed by atoms with E-state index in [0.29, 0.717) is 17.2 Å². The van der Waals surface area contributed by atoms with Crippen molar-refractivity contribution in [3.8, 4) is 45.7 Å². The molecule has 0 aliphatic heterocycles. The molecule has 0 saturated heterocycles. The van der Waals surface area contributed by atoms with Crippen molar-refractivity contribution < 1.29 is 28.8 Å². The molecule has 0 saturated carbocycles. The Morgan fingerprint density at radius 3 is 0.903 bits per heavy atom.